The number of hydrogen-bond donors (Lipinski definition) is 1. The Morgan fingerprint density at radius 2 is 1.98 bits per heavy atom. The van der Waals surface area contributed by atoms with Gasteiger partial charge in [-0.1, -0.05) is 36.5 Å². The molecule has 3 fully saturated rings. The van der Waals surface area contributed by atoms with Crippen LogP contribution in [0.25, 0.3) is 0 Å². The number of ketones is 2. The van der Waals surface area contributed by atoms with Gasteiger partial charge in [-0.05, 0) is 84.3 Å². The van der Waals surface area contributed by atoms with E-state index in [1.54, 1.807) is 6.08 Å². The summed E-state index contributed by atoms with van der Waals surface area (Å²) in [5.41, 5.74) is 3.68. The largest absolute Gasteiger partial charge is 0.384 e. The zero-order valence-electron chi connectivity index (χ0n) is 24.1. The monoisotopic (exact) mass is 561 g/mol. The molecule has 41 heavy (non-hydrogen) atoms. The van der Waals surface area contributed by atoms with E-state index in [9.17, 15) is 14.7 Å². The third-order valence-corrected chi connectivity index (χ3v) is 10.7. The molecular formula is C34H40FNO5. The molecule has 1 N–H and O–H groups in total. The van der Waals surface area contributed by atoms with E-state index in [1.807, 2.05) is 0 Å². The van der Waals surface area contributed by atoms with Crippen LogP contribution in [-0.4, -0.2) is 69.5 Å². The fourth-order valence-electron chi connectivity index (χ4n) is 8.88. The minimum atomic E-state index is -1.19. The van der Waals surface area contributed by atoms with Gasteiger partial charge in [0.25, 0.3) is 0 Å². The lowest BCUT2D eigenvalue weighted by Crippen LogP contribution is -2.52. The second-order valence-electron chi connectivity index (χ2n) is 12.5. The molecule has 0 bridgehead atoms. The van der Waals surface area contributed by atoms with Crippen molar-refractivity contribution in [3.8, 4) is 11.8 Å². The number of Topliss-reactive ketones (excluding diaryl/α,β-unsaturated/α-hetero) is 1. The van der Waals surface area contributed by atoms with Crippen molar-refractivity contribution >= 4 is 17.3 Å². The fraction of sp³-hybridized carbons (Fsp3) is 0.588. The molecule has 6 rings (SSSR count). The van der Waals surface area contributed by atoms with Gasteiger partial charge in [-0.15, -0.1) is 0 Å². The number of aliphatic hydroxyl groups is 1. The first-order chi connectivity index (χ1) is 19.8. The minimum Gasteiger partial charge on any atom is -0.384 e. The first kappa shape index (κ1) is 28.3. The summed E-state index contributed by atoms with van der Waals surface area (Å²) >= 11 is 0. The first-order valence-corrected chi connectivity index (χ1v) is 15.0. The normalized spacial score (nSPS) is 34.7. The van der Waals surface area contributed by atoms with Crippen LogP contribution in [0.3, 0.4) is 0 Å². The highest BCUT2D eigenvalue weighted by Crippen LogP contribution is 2.69. The number of anilines is 1. The van der Waals surface area contributed by atoms with E-state index in [4.69, 9.17) is 9.47 Å². The predicted molar refractivity (Wildman–Crippen MR) is 154 cm³/mol. The second kappa shape index (κ2) is 11.1. The molecule has 0 aromatic heterocycles. The van der Waals surface area contributed by atoms with Crippen molar-refractivity contribution in [3.63, 3.8) is 0 Å². The molecule has 5 aliphatic rings. The van der Waals surface area contributed by atoms with Gasteiger partial charge in [0.05, 0.1) is 18.6 Å². The molecule has 1 aliphatic heterocycles. The van der Waals surface area contributed by atoms with Gasteiger partial charge in [0, 0.05) is 38.2 Å². The molecular weight excluding hydrogens is 521 g/mol. The van der Waals surface area contributed by atoms with E-state index in [1.165, 1.54) is 12.7 Å². The Bertz CT molecular complexity index is 1330. The summed E-state index contributed by atoms with van der Waals surface area (Å²) in [6.07, 6.45) is 3.69. The average Bonchev–Trinajstić information content (AvgIpc) is 3.29. The Morgan fingerprint density at radius 3 is 2.68 bits per heavy atom. The number of carbonyl (C=O) groups excluding carboxylic acids is 2. The molecule has 2 saturated carbocycles. The highest BCUT2D eigenvalue weighted by atomic mass is 19.1. The van der Waals surface area contributed by atoms with E-state index in [2.05, 4.69) is 47.9 Å². The van der Waals surface area contributed by atoms with Crippen LogP contribution in [0, 0.1) is 34.5 Å². The number of hydrogen-bond acceptors (Lipinski definition) is 6. The van der Waals surface area contributed by atoms with Crippen molar-refractivity contribution in [1.29, 1.82) is 0 Å². The second-order valence-corrected chi connectivity index (χ2v) is 12.5. The van der Waals surface area contributed by atoms with Gasteiger partial charge in [-0.3, -0.25) is 9.59 Å². The zero-order valence-corrected chi connectivity index (χ0v) is 24.1. The van der Waals surface area contributed by atoms with Gasteiger partial charge in [-0.25, -0.2) is 4.39 Å². The van der Waals surface area contributed by atoms with Crippen LogP contribution in [0.15, 0.2) is 47.1 Å². The van der Waals surface area contributed by atoms with E-state index >= 15 is 4.39 Å². The van der Waals surface area contributed by atoms with Gasteiger partial charge in [0.15, 0.2) is 11.6 Å². The molecule has 6 atom stereocenters. The Balaban J connectivity index is 1.49. The van der Waals surface area contributed by atoms with Gasteiger partial charge >= 0.3 is 0 Å². The molecule has 0 amide bonds. The zero-order chi connectivity index (χ0) is 28.8. The number of alkyl halides is 1. The Morgan fingerprint density at radius 1 is 1.22 bits per heavy atom. The summed E-state index contributed by atoms with van der Waals surface area (Å²) in [6, 6.07) is 8.72. The maximum atomic E-state index is 15.9. The fourth-order valence-corrected chi connectivity index (χ4v) is 8.88. The summed E-state index contributed by atoms with van der Waals surface area (Å²) in [6.45, 7) is 4.95. The Labute approximate surface area is 242 Å². The lowest BCUT2D eigenvalue weighted by molar-refractivity contribution is -0.136. The van der Waals surface area contributed by atoms with Crippen molar-refractivity contribution in [3.05, 3.63) is 52.6 Å². The minimum absolute atomic E-state index is 0.00170. The topological polar surface area (TPSA) is 76.1 Å². The van der Waals surface area contributed by atoms with Crippen molar-refractivity contribution in [2.24, 2.45) is 22.7 Å². The summed E-state index contributed by atoms with van der Waals surface area (Å²) < 4.78 is 26.8. The quantitative estimate of drug-likeness (QED) is 0.531. The molecule has 1 aromatic carbocycles. The SMILES string of the molecule is COCC(=O)[C@@]1(C#CCO)CC[C@H]2[C@@H]3CC(F)C4=CC(=O)CCC4=C3[C@@H](c3ccc(N4CCOCC4)cc3)C[C@@]21C. The number of aliphatic hydroxyl groups excluding tert-OH is 1. The van der Waals surface area contributed by atoms with Gasteiger partial charge < -0.3 is 19.5 Å². The number of morpholine rings is 1. The Kier molecular flexibility index (Phi) is 7.69. The number of carbonyl (C=O) groups is 2. The standard InChI is InChI=1S/C34H40FNO5/c1-33-20-28(22-4-6-23(7-5-22)36-13-16-41-17-14-36)32-25-9-8-24(38)18-26(25)30(35)19-27(32)29(33)10-12-34(33,11-3-15-37)31(39)21-40-2/h4-7,18,27-30,37H,8-10,12-17,19-21H2,1-2H3/t27-,28+,29-,30?,33-,34+/m0/s1. The van der Waals surface area contributed by atoms with Gasteiger partial charge in [0.2, 0.25) is 0 Å². The molecule has 1 heterocycles. The molecule has 6 nitrogen and oxygen atoms in total. The van der Waals surface area contributed by atoms with Crippen LogP contribution in [0.1, 0.15) is 56.9 Å². The van der Waals surface area contributed by atoms with E-state index in [-0.39, 0.29) is 42.5 Å². The number of benzene rings is 1. The molecule has 1 aromatic rings. The summed E-state index contributed by atoms with van der Waals surface area (Å²) in [7, 11) is 1.52. The van der Waals surface area contributed by atoms with Crippen molar-refractivity contribution in [1.82, 2.24) is 0 Å². The van der Waals surface area contributed by atoms with Crippen LogP contribution >= 0.6 is 0 Å². The summed E-state index contributed by atoms with van der Waals surface area (Å²) in [5.74, 6) is 6.04. The number of fused-ring (bicyclic) bond motifs is 4. The maximum absolute atomic E-state index is 15.9. The van der Waals surface area contributed by atoms with E-state index in [0.29, 0.717) is 50.9 Å². The molecule has 4 aliphatic carbocycles. The highest BCUT2D eigenvalue weighted by molar-refractivity contribution is 5.93. The van der Waals surface area contributed by atoms with Crippen molar-refractivity contribution in [2.45, 2.75) is 57.5 Å². The van der Waals surface area contributed by atoms with Gasteiger partial charge in [0.1, 0.15) is 19.4 Å². The molecule has 0 radical (unpaired) electrons. The molecule has 0 spiro atoms. The number of nitrogens with zero attached hydrogens (tertiary/aromatic N) is 1. The first-order valence-electron chi connectivity index (χ1n) is 15.0. The smallest absolute Gasteiger partial charge is 0.176 e. The third-order valence-electron chi connectivity index (χ3n) is 10.7. The lowest BCUT2D eigenvalue weighted by atomic mass is 9.48. The van der Waals surface area contributed by atoms with Crippen molar-refractivity contribution < 1.29 is 28.6 Å². The van der Waals surface area contributed by atoms with Crippen LogP contribution in [0.2, 0.25) is 0 Å². The number of allylic oxidation sites excluding steroid dienone is 4. The molecule has 1 saturated heterocycles. The van der Waals surface area contributed by atoms with E-state index in [0.717, 1.165) is 36.3 Å². The van der Waals surface area contributed by atoms with Crippen molar-refractivity contribution in [2.75, 3.05) is 51.5 Å². The number of ether oxygens (including phenoxy) is 2. The lowest BCUT2D eigenvalue weighted by Gasteiger charge is -2.55. The van der Waals surface area contributed by atoms with Crippen LogP contribution in [0.5, 0.6) is 0 Å². The third kappa shape index (κ3) is 4.59. The van der Waals surface area contributed by atoms with E-state index < -0.39 is 17.0 Å². The highest BCUT2D eigenvalue weighted by Gasteiger charge is 2.66. The molecule has 218 valence electrons. The van der Waals surface area contributed by atoms with Crippen LogP contribution < -0.4 is 4.90 Å². The average molecular weight is 562 g/mol. The summed E-state index contributed by atoms with van der Waals surface area (Å²) in [5, 5.41) is 9.65. The summed E-state index contributed by atoms with van der Waals surface area (Å²) in [4.78, 5) is 28.5. The van der Waals surface area contributed by atoms with Crippen LogP contribution in [0.4, 0.5) is 10.1 Å². The maximum Gasteiger partial charge on any atom is 0.176 e. The predicted octanol–water partition coefficient (Wildman–Crippen LogP) is 4.57. The molecule has 7 heteroatoms. The van der Waals surface area contributed by atoms with Crippen LogP contribution in [-0.2, 0) is 19.1 Å². The number of halogens is 1. The van der Waals surface area contributed by atoms with Gasteiger partial charge in [-0.2, -0.15) is 0 Å². The number of rotatable bonds is 5. The number of methoxy groups -OCH3 is 1. The molecule has 1 unspecified atom stereocenters. The Hall–Kier alpha value is -2.79.